The number of nitrogens with two attached hydrogens (primary N) is 1. The molecule has 1 aromatic heterocycles. The quantitative estimate of drug-likeness (QED) is 0.0345. The van der Waals surface area contributed by atoms with Gasteiger partial charge in [-0.25, -0.2) is 9.97 Å². The number of hydrogen-bond acceptors (Lipinski definition) is 11. The van der Waals surface area contributed by atoms with Crippen LogP contribution in [0.1, 0.15) is 39.5 Å². The summed E-state index contributed by atoms with van der Waals surface area (Å²) in [5, 5.41) is 11.5. The minimum Gasteiger partial charge on any atom is -0.457 e. The van der Waals surface area contributed by atoms with Gasteiger partial charge in [0.25, 0.3) is 0 Å². The van der Waals surface area contributed by atoms with Crippen LogP contribution < -0.4 is 36.4 Å². The molecule has 62 heavy (non-hydrogen) atoms. The maximum absolute atomic E-state index is 13.1. The first kappa shape index (κ1) is 45.0. The van der Waals surface area contributed by atoms with E-state index in [9.17, 15) is 18.2 Å². The smallest absolute Gasteiger partial charge is 0.457 e. The third kappa shape index (κ3) is 14.0. The first-order chi connectivity index (χ1) is 30.1. The number of para-hydroxylation sites is 1. The molecule has 6 N–H and O–H groups in total. The minimum absolute atomic E-state index is 0.0207. The number of halogens is 2. The van der Waals surface area contributed by atoms with Crippen molar-refractivity contribution in [3.05, 3.63) is 133 Å². The van der Waals surface area contributed by atoms with Crippen LogP contribution in [0.25, 0.3) is 11.1 Å². The summed E-state index contributed by atoms with van der Waals surface area (Å²) in [5.41, 5.74) is 10.3. The van der Waals surface area contributed by atoms with Gasteiger partial charge in [-0.2, -0.15) is 0 Å². The Hall–Kier alpha value is -6.52. The van der Waals surface area contributed by atoms with Gasteiger partial charge in [0.1, 0.15) is 29.4 Å². The zero-order valence-electron chi connectivity index (χ0n) is 35.2. The number of aromatic nitrogens is 2. The molecule has 4 aromatic rings. The van der Waals surface area contributed by atoms with Gasteiger partial charge in [-0.1, -0.05) is 61.5 Å². The van der Waals surface area contributed by atoms with E-state index in [1.165, 1.54) is 12.4 Å². The van der Waals surface area contributed by atoms with Crippen LogP contribution in [0.3, 0.4) is 0 Å². The van der Waals surface area contributed by atoms with Gasteiger partial charge < -0.3 is 36.4 Å². The van der Waals surface area contributed by atoms with E-state index in [0.717, 1.165) is 61.7 Å². The highest BCUT2D eigenvalue weighted by atomic mass is 19.2. The maximum Gasteiger partial charge on any atom is 0.670 e. The van der Waals surface area contributed by atoms with E-state index in [0.29, 0.717) is 60.8 Å². The van der Waals surface area contributed by atoms with Crippen molar-refractivity contribution in [2.45, 2.75) is 45.6 Å². The van der Waals surface area contributed by atoms with Gasteiger partial charge in [0, 0.05) is 87.5 Å². The van der Waals surface area contributed by atoms with Gasteiger partial charge in [0.15, 0.2) is 0 Å². The number of anilines is 2. The topological polar surface area (TPSA) is 159 Å². The Morgan fingerprint density at radius 1 is 0.952 bits per heavy atom. The van der Waals surface area contributed by atoms with Crippen LogP contribution in [0.15, 0.2) is 133 Å². The molecule has 0 bridgehead atoms. The SMILES string of the molecule is CC/C=C(C)\C(=C\C1CC=C(CCC(=O)NCCN2CCN(C/C=C/C(=O)Nc3cccc(Oc4ncnc(N)c4-c4ccc(Oc5ccccc5)cc4)c3)CC2)N1)NB(F)F. The average molecular weight is 846 g/mol. The van der Waals surface area contributed by atoms with Crippen molar-refractivity contribution in [1.82, 2.24) is 35.6 Å². The molecule has 0 radical (unpaired) electrons. The second-order valence-corrected chi connectivity index (χ2v) is 14.9. The summed E-state index contributed by atoms with van der Waals surface area (Å²) in [7, 11) is -2.64. The second kappa shape index (κ2) is 22.9. The van der Waals surface area contributed by atoms with E-state index in [4.69, 9.17) is 15.2 Å². The standard InChI is InChI=1S/C46H54BF2N9O4/c1-3-9-33(2)41(56-47(48)49)31-37-18-17-35(54-37)19-22-42(59)51-23-25-58-28-26-57(27-29-58)24-8-14-43(60)55-36-10-7-13-40(30-36)62-46-44(45(50)52-32-53-46)34-15-20-39(21-16-34)61-38-11-5-4-6-12-38/h4-17,20-21,30-32,37,54,56H,3,18-19,22-29H2,1-2H3,(H,51,59)(H,55,60)(H2,50,52,53)/b14-8+,33-9-,41-31-. The minimum atomic E-state index is -2.64. The molecule has 3 aromatic carbocycles. The summed E-state index contributed by atoms with van der Waals surface area (Å²) < 4.78 is 38.2. The van der Waals surface area contributed by atoms with Crippen molar-refractivity contribution in [1.29, 1.82) is 0 Å². The third-order valence-electron chi connectivity index (χ3n) is 10.3. The van der Waals surface area contributed by atoms with Crippen LogP contribution in [-0.2, 0) is 9.59 Å². The molecular weight excluding hydrogens is 791 g/mol. The first-order valence-corrected chi connectivity index (χ1v) is 20.9. The molecule has 0 spiro atoms. The normalized spacial score (nSPS) is 16.1. The number of hydrogen-bond donors (Lipinski definition) is 5. The van der Waals surface area contributed by atoms with Crippen molar-refractivity contribution in [3.63, 3.8) is 0 Å². The number of piperazine rings is 1. The van der Waals surface area contributed by atoms with Crippen LogP contribution in [0, 0.1) is 0 Å². The molecule has 324 valence electrons. The number of nitrogens with zero attached hydrogens (tertiary/aromatic N) is 4. The number of amides is 2. The van der Waals surface area contributed by atoms with Gasteiger partial charge >= 0.3 is 7.40 Å². The van der Waals surface area contributed by atoms with E-state index in [-0.39, 0.29) is 29.6 Å². The van der Waals surface area contributed by atoms with Gasteiger partial charge in [-0.05, 0) is 79.8 Å². The molecule has 6 rings (SSSR count). The fourth-order valence-electron chi connectivity index (χ4n) is 7.11. The number of benzene rings is 3. The Bertz CT molecular complexity index is 2230. The largest absolute Gasteiger partial charge is 0.670 e. The molecule has 16 heteroatoms. The van der Waals surface area contributed by atoms with Crippen LogP contribution in [0.5, 0.6) is 23.1 Å². The van der Waals surface area contributed by atoms with Gasteiger partial charge in [-0.15, -0.1) is 0 Å². The number of nitrogen functional groups attached to an aromatic ring is 1. The summed E-state index contributed by atoms with van der Waals surface area (Å²) in [5.74, 6) is 2.11. The van der Waals surface area contributed by atoms with Crippen molar-refractivity contribution in [3.8, 4) is 34.3 Å². The number of allylic oxidation sites excluding steroid dienone is 3. The lowest BCUT2D eigenvalue weighted by Gasteiger charge is -2.34. The number of ether oxygens (including phenoxy) is 2. The zero-order chi connectivity index (χ0) is 43.7. The Morgan fingerprint density at radius 2 is 1.69 bits per heavy atom. The third-order valence-corrected chi connectivity index (χ3v) is 10.3. The highest BCUT2D eigenvalue weighted by Gasteiger charge is 2.21. The monoisotopic (exact) mass is 845 g/mol. The summed E-state index contributed by atoms with van der Waals surface area (Å²) >= 11 is 0. The molecule has 1 fully saturated rings. The number of nitrogens with one attached hydrogen (secondary N) is 4. The van der Waals surface area contributed by atoms with E-state index in [1.807, 2.05) is 86.7 Å². The number of carbonyl (C=O) groups excluding carboxylic acids is 2. The fourth-order valence-corrected chi connectivity index (χ4v) is 7.11. The van der Waals surface area contributed by atoms with Crippen LogP contribution in [0.4, 0.5) is 20.1 Å². The predicted octanol–water partition coefficient (Wildman–Crippen LogP) is 7.32. The Kier molecular flexibility index (Phi) is 16.6. The van der Waals surface area contributed by atoms with E-state index in [2.05, 4.69) is 40.9 Å². The number of rotatable bonds is 20. The van der Waals surface area contributed by atoms with Gasteiger partial charge in [0.05, 0.1) is 5.56 Å². The molecule has 2 aliphatic heterocycles. The molecular formula is C46H54BF2N9O4. The molecule has 13 nitrogen and oxygen atoms in total. The second-order valence-electron chi connectivity index (χ2n) is 14.9. The van der Waals surface area contributed by atoms with Gasteiger partial charge in [0.2, 0.25) is 17.7 Å². The molecule has 1 unspecified atom stereocenters. The molecule has 2 amide bonds. The Morgan fingerprint density at radius 3 is 2.45 bits per heavy atom. The first-order valence-electron chi connectivity index (χ1n) is 20.9. The van der Waals surface area contributed by atoms with Crippen LogP contribution in [0.2, 0.25) is 0 Å². The summed E-state index contributed by atoms with van der Waals surface area (Å²) in [6.07, 6.45) is 12.8. The maximum atomic E-state index is 13.1. The van der Waals surface area contributed by atoms with Crippen LogP contribution in [-0.4, -0.2) is 90.8 Å². The Labute approximate surface area is 362 Å². The lowest BCUT2D eigenvalue weighted by Crippen LogP contribution is -2.48. The van der Waals surface area contributed by atoms with Crippen LogP contribution >= 0.6 is 0 Å². The predicted molar refractivity (Wildman–Crippen MR) is 241 cm³/mol. The average Bonchev–Trinajstić information content (AvgIpc) is 3.71. The van der Waals surface area contributed by atoms with E-state index < -0.39 is 7.40 Å². The summed E-state index contributed by atoms with van der Waals surface area (Å²) in [4.78, 5) is 38.5. The molecule has 2 aliphatic rings. The molecule has 1 saturated heterocycles. The highest BCUT2D eigenvalue weighted by Crippen LogP contribution is 2.36. The van der Waals surface area contributed by atoms with Crippen molar-refractivity contribution in [2.75, 3.05) is 56.9 Å². The lowest BCUT2D eigenvalue weighted by atomic mass is 10.1. The van der Waals surface area contributed by atoms with Crippen molar-refractivity contribution >= 4 is 30.7 Å². The number of carbonyl (C=O) groups is 2. The van der Waals surface area contributed by atoms with Crippen molar-refractivity contribution < 1.29 is 27.7 Å². The summed E-state index contributed by atoms with van der Waals surface area (Å²) in [6, 6.07) is 23.9. The van der Waals surface area contributed by atoms with E-state index >= 15 is 0 Å². The molecule has 1 atom stereocenters. The lowest BCUT2D eigenvalue weighted by molar-refractivity contribution is -0.121. The van der Waals surface area contributed by atoms with E-state index in [1.54, 1.807) is 30.3 Å². The highest BCUT2D eigenvalue weighted by molar-refractivity contribution is 6.40. The fraction of sp³-hybridized carbons (Fsp3) is 0.304. The summed E-state index contributed by atoms with van der Waals surface area (Å²) in [6.45, 7) is 9.14. The molecule has 0 aliphatic carbocycles. The molecule has 3 heterocycles. The zero-order valence-corrected chi connectivity index (χ0v) is 35.2. The van der Waals surface area contributed by atoms with Crippen molar-refractivity contribution in [2.24, 2.45) is 0 Å². The molecule has 0 saturated carbocycles. The Balaban J connectivity index is 0.876. The van der Waals surface area contributed by atoms with Gasteiger partial charge in [-0.3, -0.25) is 28.0 Å².